The van der Waals surface area contributed by atoms with Crippen molar-refractivity contribution in [3.8, 4) is 0 Å². The van der Waals surface area contributed by atoms with Gasteiger partial charge >= 0.3 is 12.0 Å². The van der Waals surface area contributed by atoms with E-state index in [9.17, 15) is 9.59 Å². The molecule has 0 spiro atoms. The molecule has 1 saturated heterocycles. The summed E-state index contributed by atoms with van der Waals surface area (Å²) in [6.45, 7) is 4.84. The number of nitrogens with zero attached hydrogens (tertiary/aromatic N) is 3. The summed E-state index contributed by atoms with van der Waals surface area (Å²) in [5, 5.41) is 11.5. The van der Waals surface area contributed by atoms with Crippen LogP contribution < -0.4 is 5.32 Å². The highest BCUT2D eigenvalue weighted by Gasteiger charge is 2.21. The molecular weight excluding hydrogens is 276 g/mol. The normalized spacial score (nSPS) is 16.2. The number of nitrogens with one attached hydrogen (secondary N) is 1. The summed E-state index contributed by atoms with van der Waals surface area (Å²) in [6.07, 6.45) is 0. The second kappa shape index (κ2) is 9.54. The molecule has 0 bridgehead atoms. The molecule has 1 fully saturated rings. The Morgan fingerprint density at radius 1 is 1.19 bits per heavy atom. The predicted molar refractivity (Wildman–Crippen MR) is 78.4 cm³/mol. The first-order chi connectivity index (χ1) is 9.99. The second-order valence-corrected chi connectivity index (χ2v) is 5.30. The molecule has 1 heterocycles. The molecule has 2 N–H and O–H groups in total. The monoisotopic (exact) mass is 302 g/mol. The number of urea groups is 1. The minimum Gasteiger partial charge on any atom is -0.480 e. The van der Waals surface area contributed by atoms with Crippen molar-refractivity contribution in [2.75, 3.05) is 73.1 Å². The van der Waals surface area contributed by atoms with E-state index in [2.05, 4.69) is 5.32 Å². The fraction of sp³-hybridized carbons (Fsp3) is 0.846. The predicted octanol–water partition coefficient (Wildman–Crippen LogP) is -1.02. The molecule has 0 aliphatic carbocycles. The molecular formula is C13H26N4O4. The van der Waals surface area contributed by atoms with Crippen molar-refractivity contribution in [3.63, 3.8) is 0 Å². The molecule has 0 aromatic heterocycles. The fourth-order valence-electron chi connectivity index (χ4n) is 1.99. The number of amides is 2. The Hall–Kier alpha value is -1.38. The second-order valence-electron chi connectivity index (χ2n) is 5.30. The average molecular weight is 302 g/mol. The van der Waals surface area contributed by atoms with E-state index in [0.29, 0.717) is 45.9 Å². The lowest BCUT2D eigenvalue weighted by Crippen LogP contribution is -2.52. The number of rotatable bonds is 8. The van der Waals surface area contributed by atoms with Crippen LogP contribution in [-0.2, 0) is 9.53 Å². The van der Waals surface area contributed by atoms with Gasteiger partial charge in [-0.3, -0.25) is 9.69 Å². The first-order valence-corrected chi connectivity index (χ1v) is 7.18. The smallest absolute Gasteiger partial charge is 0.317 e. The topological polar surface area (TPSA) is 85.4 Å². The van der Waals surface area contributed by atoms with E-state index in [-0.39, 0.29) is 12.6 Å². The quantitative estimate of drug-likeness (QED) is 0.558. The summed E-state index contributed by atoms with van der Waals surface area (Å²) in [5.41, 5.74) is 0. The van der Waals surface area contributed by atoms with Gasteiger partial charge in [0, 0.05) is 39.3 Å². The van der Waals surface area contributed by atoms with E-state index in [4.69, 9.17) is 9.84 Å². The number of likely N-dealkylation sites (N-methyl/N-ethyl adjacent to an activating group) is 1. The van der Waals surface area contributed by atoms with Gasteiger partial charge in [0.2, 0.25) is 0 Å². The molecule has 122 valence electrons. The summed E-state index contributed by atoms with van der Waals surface area (Å²) in [7, 11) is 3.96. The molecule has 0 radical (unpaired) electrons. The van der Waals surface area contributed by atoms with E-state index >= 15 is 0 Å². The molecule has 8 heteroatoms. The summed E-state index contributed by atoms with van der Waals surface area (Å²) >= 11 is 0. The molecule has 0 saturated carbocycles. The molecule has 8 nitrogen and oxygen atoms in total. The van der Waals surface area contributed by atoms with Gasteiger partial charge in [0.1, 0.15) is 0 Å². The SMILES string of the molecule is CN(C)CCOCCNC(=O)N1CCN(CC(=O)O)CC1. The third-order valence-corrected chi connectivity index (χ3v) is 3.22. The van der Waals surface area contributed by atoms with Crippen molar-refractivity contribution in [1.29, 1.82) is 0 Å². The standard InChI is InChI=1S/C13H26N4O4/c1-15(2)8-10-21-9-3-14-13(20)17-6-4-16(5-7-17)11-12(18)19/h3-11H2,1-2H3,(H,14,20)(H,18,19). The molecule has 0 unspecified atom stereocenters. The molecule has 1 aliphatic rings. The van der Waals surface area contributed by atoms with Crippen LogP contribution in [0.15, 0.2) is 0 Å². The van der Waals surface area contributed by atoms with E-state index in [0.717, 1.165) is 6.54 Å². The van der Waals surface area contributed by atoms with Crippen LogP contribution in [0.4, 0.5) is 4.79 Å². The van der Waals surface area contributed by atoms with Gasteiger partial charge in [-0.05, 0) is 14.1 Å². The van der Waals surface area contributed by atoms with E-state index in [1.807, 2.05) is 23.9 Å². The van der Waals surface area contributed by atoms with Crippen molar-refractivity contribution in [2.45, 2.75) is 0 Å². The maximum absolute atomic E-state index is 11.9. The molecule has 0 aromatic rings. The fourth-order valence-corrected chi connectivity index (χ4v) is 1.99. The van der Waals surface area contributed by atoms with Crippen LogP contribution in [0.1, 0.15) is 0 Å². The number of carboxylic acids is 1. The molecule has 2 amide bonds. The third-order valence-electron chi connectivity index (χ3n) is 3.22. The van der Waals surface area contributed by atoms with Crippen molar-refractivity contribution in [2.24, 2.45) is 0 Å². The minimum atomic E-state index is -0.831. The Morgan fingerprint density at radius 3 is 2.43 bits per heavy atom. The van der Waals surface area contributed by atoms with E-state index in [1.54, 1.807) is 4.90 Å². The number of aliphatic carboxylic acids is 1. The first kappa shape index (κ1) is 17.7. The van der Waals surface area contributed by atoms with Gasteiger partial charge in [-0.1, -0.05) is 0 Å². The average Bonchev–Trinajstić information content (AvgIpc) is 2.42. The van der Waals surface area contributed by atoms with Crippen LogP contribution in [0.2, 0.25) is 0 Å². The zero-order chi connectivity index (χ0) is 15.7. The third kappa shape index (κ3) is 7.84. The molecule has 21 heavy (non-hydrogen) atoms. The maximum atomic E-state index is 11.9. The van der Waals surface area contributed by atoms with Crippen LogP contribution in [-0.4, -0.2) is 105 Å². The zero-order valence-electron chi connectivity index (χ0n) is 12.9. The number of carboxylic acid groups (broad SMARTS) is 1. The van der Waals surface area contributed by atoms with Crippen LogP contribution >= 0.6 is 0 Å². The van der Waals surface area contributed by atoms with Gasteiger partial charge < -0.3 is 25.0 Å². The Balaban J connectivity index is 2.07. The maximum Gasteiger partial charge on any atom is 0.317 e. The van der Waals surface area contributed by atoms with Gasteiger partial charge in [-0.2, -0.15) is 0 Å². The van der Waals surface area contributed by atoms with Crippen LogP contribution in [0, 0.1) is 0 Å². The number of hydrogen-bond acceptors (Lipinski definition) is 5. The van der Waals surface area contributed by atoms with Crippen molar-refractivity contribution < 1.29 is 19.4 Å². The molecule has 1 rings (SSSR count). The number of carbonyl (C=O) groups excluding carboxylic acids is 1. The Labute approximate surface area is 125 Å². The number of piperazine rings is 1. The lowest BCUT2D eigenvalue weighted by molar-refractivity contribution is -0.138. The van der Waals surface area contributed by atoms with Gasteiger partial charge in [0.15, 0.2) is 0 Å². The highest BCUT2D eigenvalue weighted by molar-refractivity contribution is 5.74. The molecule has 1 aliphatic heterocycles. The van der Waals surface area contributed by atoms with Gasteiger partial charge in [-0.25, -0.2) is 4.79 Å². The zero-order valence-corrected chi connectivity index (χ0v) is 12.9. The Bertz CT molecular complexity index is 330. The highest BCUT2D eigenvalue weighted by atomic mass is 16.5. The lowest BCUT2D eigenvalue weighted by atomic mass is 10.3. The molecule has 0 atom stereocenters. The van der Waals surface area contributed by atoms with Crippen molar-refractivity contribution in [1.82, 2.24) is 20.0 Å². The van der Waals surface area contributed by atoms with Gasteiger partial charge in [0.05, 0.1) is 19.8 Å². The van der Waals surface area contributed by atoms with Crippen molar-refractivity contribution in [3.05, 3.63) is 0 Å². The van der Waals surface area contributed by atoms with Gasteiger partial charge in [0.25, 0.3) is 0 Å². The number of ether oxygens (including phenoxy) is 1. The lowest BCUT2D eigenvalue weighted by Gasteiger charge is -2.33. The number of hydrogen-bond donors (Lipinski definition) is 2. The summed E-state index contributed by atoms with van der Waals surface area (Å²) in [6, 6.07) is -0.110. The minimum absolute atomic E-state index is 0.0369. The number of carbonyl (C=O) groups is 2. The molecule has 0 aromatic carbocycles. The largest absolute Gasteiger partial charge is 0.480 e. The van der Waals surface area contributed by atoms with Crippen LogP contribution in [0.3, 0.4) is 0 Å². The Kier molecular flexibility index (Phi) is 8.03. The first-order valence-electron chi connectivity index (χ1n) is 7.18. The highest BCUT2D eigenvalue weighted by Crippen LogP contribution is 2.01. The summed E-state index contributed by atoms with van der Waals surface area (Å²) in [5.74, 6) is -0.831. The Morgan fingerprint density at radius 2 is 1.86 bits per heavy atom. The van der Waals surface area contributed by atoms with Crippen LogP contribution in [0.5, 0.6) is 0 Å². The van der Waals surface area contributed by atoms with E-state index < -0.39 is 5.97 Å². The summed E-state index contributed by atoms with van der Waals surface area (Å²) in [4.78, 5) is 28.1. The van der Waals surface area contributed by atoms with Gasteiger partial charge in [-0.15, -0.1) is 0 Å². The van der Waals surface area contributed by atoms with E-state index in [1.165, 1.54) is 0 Å². The van der Waals surface area contributed by atoms with Crippen LogP contribution in [0.25, 0.3) is 0 Å². The summed E-state index contributed by atoms with van der Waals surface area (Å²) < 4.78 is 5.39. The van der Waals surface area contributed by atoms with Crippen molar-refractivity contribution >= 4 is 12.0 Å².